The van der Waals surface area contributed by atoms with Crippen LogP contribution in [0.4, 0.5) is 0 Å². The first-order chi connectivity index (χ1) is 13.0. The second-order valence-corrected chi connectivity index (χ2v) is 7.28. The van der Waals surface area contributed by atoms with Crippen LogP contribution in [0.3, 0.4) is 0 Å². The van der Waals surface area contributed by atoms with Gasteiger partial charge in [-0.15, -0.1) is 0 Å². The molecule has 4 rings (SSSR count). The number of carbonyl (C=O) groups is 1. The minimum atomic E-state index is -0.494. The number of hydrogen-bond donors (Lipinski definition) is 1. The van der Waals surface area contributed by atoms with Crippen LogP contribution in [0.15, 0.2) is 40.1 Å². The Morgan fingerprint density at radius 3 is 2.81 bits per heavy atom. The summed E-state index contributed by atoms with van der Waals surface area (Å²) in [6.07, 6.45) is 3.09. The zero-order valence-corrected chi connectivity index (χ0v) is 15.5. The first-order valence-electron chi connectivity index (χ1n) is 8.93. The Bertz CT molecular complexity index is 1180. The minimum Gasteiger partial charge on any atom is -0.294 e. The number of nitrogens with zero attached hydrogens (tertiary/aromatic N) is 2. The maximum Gasteiger partial charge on any atom is 0.329 e. The van der Waals surface area contributed by atoms with Gasteiger partial charge in [-0.25, -0.2) is 9.78 Å². The number of rotatable bonds is 3. The number of hydrogen-bond acceptors (Lipinski definition) is 4. The first kappa shape index (κ1) is 17.7. The van der Waals surface area contributed by atoms with Gasteiger partial charge in [0, 0.05) is 29.7 Å². The van der Waals surface area contributed by atoms with Gasteiger partial charge >= 0.3 is 5.69 Å². The topological polar surface area (TPSA) is 84.8 Å². The SMILES string of the molecule is CCCn1c(=O)[nH]c(=O)c2c3c(cnc21)C(=O)C[C@H](c1cccc(Cl)c1)C3. The first-order valence-corrected chi connectivity index (χ1v) is 9.30. The Hall–Kier alpha value is -2.73. The summed E-state index contributed by atoms with van der Waals surface area (Å²) >= 11 is 6.11. The van der Waals surface area contributed by atoms with E-state index >= 15 is 0 Å². The summed E-state index contributed by atoms with van der Waals surface area (Å²) in [5, 5.41) is 0.945. The fourth-order valence-electron chi connectivity index (χ4n) is 3.84. The van der Waals surface area contributed by atoms with Crippen molar-refractivity contribution in [1.29, 1.82) is 0 Å². The molecular weight excluding hydrogens is 366 g/mol. The highest BCUT2D eigenvalue weighted by molar-refractivity contribution is 6.30. The lowest BCUT2D eigenvalue weighted by Crippen LogP contribution is -2.33. The summed E-state index contributed by atoms with van der Waals surface area (Å²) in [5.41, 5.74) is 1.45. The molecule has 1 N–H and O–H groups in total. The van der Waals surface area contributed by atoms with Crippen LogP contribution in [0.1, 0.15) is 47.2 Å². The van der Waals surface area contributed by atoms with E-state index in [0.717, 1.165) is 12.0 Å². The minimum absolute atomic E-state index is 0.0525. The molecule has 0 saturated carbocycles. The van der Waals surface area contributed by atoms with Crippen molar-refractivity contribution in [2.24, 2.45) is 0 Å². The predicted octanol–water partition coefficient (Wildman–Crippen LogP) is 3.06. The van der Waals surface area contributed by atoms with Gasteiger partial charge in [0.1, 0.15) is 5.65 Å². The molecule has 0 spiro atoms. The molecule has 27 heavy (non-hydrogen) atoms. The molecule has 2 aromatic heterocycles. The maximum absolute atomic E-state index is 12.7. The fourth-order valence-corrected chi connectivity index (χ4v) is 4.03. The summed E-state index contributed by atoms with van der Waals surface area (Å²) in [6.45, 7) is 2.39. The van der Waals surface area contributed by atoms with Gasteiger partial charge in [-0.1, -0.05) is 30.7 Å². The van der Waals surface area contributed by atoms with Crippen molar-refractivity contribution in [3.05, 3.63) is 73.0 Å². The van der Waals surface area contributed by atoms with Gasteiger partial charge in [0.2, 0.25) is 0 Å². The molecule has 0 fully saturated rings. The van der Waals surface area contributed by atoms with Crippen LogP contribution in [0, 0.1) is 0 Å². The van der Waals surface area contributed by atoms with Crippen molar-refractivity contribution < 1.29 is 4.79 Å². The number of benzene rings is 1. The Morgan fingerprint density at radius 1 is 1.26 bits per heavy atom. The lowest BCUT2D eigenvalue weighted by molar-refractivity contribution is 0.0964. The number of nitrogens with one attached hydrogen (secondary N) is 1. The molecule has 1 atom stereocenters. The second-order valence-electron chi connectivity index (χ2n) is 6.84. The third-order valence-electron chi connectivity index (χ3n) is 5.06. The smallest absolute Gasteiger partial charge is 0.294 e. The van der Waals surface area contributed by atoms with Crippen molar-refractivity contribution in [3.8, 4) is 0 Å². The number of aryl methyl sites for hydroxylation is 1. The van der Waals surface area contributed by atoms with Crippen molar-refractivity contribution in [2.45, 2.75) is 38.6 Å². The summed E-state index contributed by atoms with van der Waals surface area (Å²) in [4.78, 5) is 44.2. The van der Waals surface area contributed by atoms with Gasteiger partial charge in [-0.3, -0.25) is 19.1 Å². The molecule has 0 radical (unpaired) electrons. The Kier molecular flexibility index (Phi) is 4.44. The lowest BCUT2D eigenvalue weighted by atomic mass is 9.79. The van der Waals surface area contributed by atoms with E-state index in [2.05, 4.69) is 9.97 Å². The number of aromatic nitrogens is 3. The number of H-pyrrole nitrogens is 1. The number of Topliss-reactive ketones (excluding diaryl/α,β-unsaturated/α-hetero) is 1. The van der Waals surface area contributed by atoms with Crippen LogP contribution in [-0.2, 0) is 13.0 Å². The summed E-state index contributed by atoms with van der Waals surface area (Å²) < 4.78 is 1.46. The molecule has 0 bridgehead atoms. The van der Waals surface area contributed by atoms with Crippen LogP contribution in [0.5, 0.6) is 0 Å². The predicted molar refractivity (Wildman–Crippen MR) is 104 cm³/mol. The number of aromatic amines is 1. The standard InChI is InChI=1S/C20H18ClN3O3/c1-2-6-24-18-17(19(26)23-20(24)27)14-8-12(9-16(25)15(14)10-22-18)11-4-3-5-13(21)7-11/h3-5,7,10,12H,2,6,8-9H2,1H3,(H,23,26,27)/t12-/m1/s1. The van der Waals surface area contributed by atoms with Gasteiger partial charge in [-0.05, 0) is 42.0 Å². The van der Waals surface area contributed by atoms with E-state index in [0.29, 0.717) is 46.6 Å². The van der Waals surface area contributed by atoms with E-state index in [1.165, 1.54) is 10.8 Å². The number of halogens is 1. The Labute approximate surface area is 159 Å². The maximum atomic E-state index is 12.7. The number of fused-ring (bicyclic) bond motifs is 3. The van der Waals surface area contributed by atoms with E-state index < -0.39 is 11.2 Å². The summed E-state index contributed by atoms with van der Waals surface area (Å²) in [7, 11) is 0. The molecular formula is C20H18ClN3O3. The van der Waals surface area contributed by atoms with Crippen LogP contribution in [-0.4, -0.2) is 20.3 Å². The van der Waals surface area contributed by atoms with Crippen LogP contribution in [0.25, 0.3) is 11.0 Å². The number of ketones is 1. The zero-order valence-electron chi connectivity index (χ0n) is 14.8. The highest BCUT2D eigenvalue weighted by Crippen LogP contribution is 2.35. The highest BCUT2D eigenvalue weighted by atomic mass is 35.5. The van der Waals surface area contributed by atoms with Crippen molar-refractivity contribution in [3.63, 3.8) is 0 Å². The molecule has 6 nitrogen and oxygen atoms in total. The molecule has 2 heterocycles. The average molecular weight is 384 g/mol. The Morgan fingerprint density at radius 2 is 2.07 bits per heavy atom. The van der Waals surface area contributed by atoms with Gasteiger partial charge in [-0.2, -0.15) is 0 Å². The quantitative estimate of drug-likeness (QED) is 0.753. The van der Waals surface area contributed by atoms with Gasteiger partial charge < -0.3 is 0 Å². The van der Waals surface area contributed by atoms with Crippen LogP contribution < -0.4 is 11.2 Å². The van der Waals surface area contributed by atoms with Gasteiger partial charge in [0.05, 0.1) is 5.39 Å². The normalized spacial score (nSPS) is 16.5. The molecule has 0 unspecified atom stereocenters. The zero-order chi connectivity index (χ0) is 19.1. The van der Waals surface area contributed by atoms with Crippen LogP contribution >= 0.6 is 11.6 Å². The largest absolute Gasteiger partial charge is 0.329 e. The van der Waals surface area contributed by atoms with Gasteiger partial charge in [0.15, 0.2) is 5.78 Å². The third-order valence-corrected chi connectivity index (χ3v) is 5.30. The van der Waals surface area contributed by atoms with Crippen molar-refractivity contribution in [2.75, 3.05) is 0 Å². The van der Waals surface area contributed by atoms with Crippen molar-refractivity contribution >= 4 is 28.4 Å². The number of carbonyl (C=O) groups excluding carboxylic acids is 1. The van der Waals surface area contributed by atoms with Gasteiger partial charge in [0.25, 0.3) is 5.56 Å². The third kappa shape index (κ3) is 3.00. The molecule has 1 aliphatic rings. The monoisotopic (exact) mass is 383 g/mol. The van der Waals surface area contributed by atoms with E-state index in [1.807, 2.05) is 25.1 Å². The molecule has 3 aromatic rings. The van der Waals surface area contributed by atoms with E-state index in [4.69, 9.17) is 11.6 Å². The molecule has 7 heteroatoms. The molecule has 0 amide bonds. The molecule has 0 aliphatic heterocycles. The second kappa shape index (κ2) is 6.78. The molecule has 1 aromatic carbocycles. The lowest BCUT2D eigenvalue weighted by Gasteiger charge is -2.25. The summed E-state index contributed by atoms with van der Waals surface area (Å²) in [6, 6.07) is 7.44. The van der Waals surface area contributed by atoms with Crippen LogP contribution in [0.2, 0.25) is 5.02 Å². The fraction of sp³-hybridized carbons (Fsp3) is 0.300. The molecule has 1 aliphatic carbocycles. The summed E-state index contributed by atoms with van der Waals surface area (Å²) in [5.74, 6) is -0.122. The van der Waals surface area contributed by atoms with Crippen molar-refractivity contribution in [1.82, 2.24) is 14.5 Å². The van der Waals surface area contributed by atoms with E-state index in [9.17, 15) is 14.4 Å². The van der Waals surface area contributed by atoms with E-state index in [1.54, 1.807) is 6.07 Å². The number of pyridine rings is 1. The Balaban J connectivity index is 1.94. The van der Waals surface area contributed by atoms with E-state index in [-0.39, 0.29) is 11.7 Å². The highest BCUT2D eigenvalue weighted by Gasteiger charge is 2.30. The molecule has 138 valence electrons. The molecule has 0 saturated heterocycles. The average Bonchev–Trinajstić information content (AvgIpc) is 2.64.